The highest BCUT2D eigenvalue weighted by Crippen LogP contribution is 2.39. The Labute approximate surface area is 160 Å². The Morgan fingerprint density at radius 3 is 2.81 bits per heavy atom. The smallest absolute Gasteiger partial charge is 0.323 e. The average Bonchev–Trinajstić information content (AvgIpc) is 2.92. The maximum absolute atomic E-state index is 11.4. The molecule has 0 atom stereocenters. The molecule has 2 aromatic heterocycles. The third kappa shape index (κ3) is 2.71. The van der Waals surface area contributed by atoms with E-state index in [0.29, 0.717) is 16.1 Å². The number of hydrogen-bond donors (Lipinski definition) is 1. The first-order chi connectivity index (χ1) is 13.0. The van der Waals surface area contributed by atoms with Crippen LogP contribution in [0.4, 0.5) is 0 Å². The van der Waals surface area contributed by atoms with Gasteiger partial charge in [0.25, 0.3) is 0 Å². The van der Waals surface area contributed by atoms with E-state index in [9.17, 15) is 15.2 Å². The average molecular weight is 376 g/mol. The van der Waals surface area contributed by atoms with Crippen LogP contribution < -0.4 is 0 Å². The Balaban J connectivity index is 2.14. The number of nitrogens with zero attached hydrogens (tertiary/aromatic N) is 3. The molecule has 1 N–H and O–H groups in total. The first kappa shape index (κ1) is 17.1. The van der Waals surface area contributed by atoms with Crippen molar-refractivity contribution in [2.24, 2.45) is 0 Å². The summed E-state index contributed by atoms with van der Waals surface area (Å²) in [7, 11) is 0. The molecule has 5 nitrogen and oxygen atoms in total. The molecule has 0 unspecified atom stereocenters. The molecule has 0 aliphatic carbocycles. The number of aromatic nitrogens is 2. The highest BCUT2D eigenvalue weighted by atomic mass is 35.5. The van der Waals surface area contributed by atoms with E-state index in [1.165, 1.54) is 0 Å². The molecule has 27 heavy (non-hydrogen) atoms. The molecule has 0 saturated heterocycles. The van der Waals surface area contributed by atoms with Gasteiger partial charge in [0.15, 0.2) is 0 Å². The summed E-state index contributed by atoms with van der Waals surface area (Å²) >= 11 is 6.31. The van der Waals surface area contributed by atoms with Crippen LogP contribution in [0, 0.1) is 18.3 Å². The third-order valence-electron chi connectivity index (χ3n) is 4.74. The van der Waals surface area contributed by atoms with Crippen molar-refractivity contribution >= 4 is 39.4 Å². The second-order valence-electron chi connectivity index (χ2n) is 6.28. The summed E-state index contributed by atoms with van der Waals surface area (Å²) in [4.78, 5) is 15.8. The fourth-order valence-corrected chi connectivity index (χ4v) is 3.81. The van der Waals surface area contributed by atoms with Crippen LogP contribution in [0.15, 0.2) is 48.7 Å². The monoisotopic (exact) mass is 375 g/mol. The van der Waals surface area contributed by atoms with Crippen LogP contribution in [-0.4, -0.2) is 20.6 Å². The molecule has 4 aromatic rings. The normalized spacial score (nSPS) is 11.0. The number of pyridine rings is 1. The molecule has 0 fully saturated rings. The summed E-state index contributed by atoms with van der Waals surface area (Å²) in [5, 5.41) is 20.9. The molecule has 0 aliphatic rings. The van der Waals surface area contributed by atoms with Crippen molar-refractivity contribution < 1.29 is 9.90 Å². The van der Waals surface area contributed by atoms with Gasteiger partial charge >= 0.3 is 5.97 Å². The predicted molar refractivity (Wildman–Crippen MR) is 105 cm³/mol. The Morgan fingerprint density at radius 1 is 1.26 bits per heavy atom. The van der Waals surface area contributed by atoms with Crippen LogP contribution >= 0.6 is 11.6 Å². The second kappa shape index (κ2) is 6.42. The molecule has 2 aromatic carbocycles. The number of aliphatic carboxylic acids is 1. The number of carboxylic acids is 1. The van der Waals surface area contributed by atoms with Crippen molar-refractivity contribution in [3.63, 3.8) is 0 Å². The van der Waals surface area contributed by atoms with Gasteiger partial charge in [-0.15, -0.1) is 0 Å². The van der Waals surface area contributed by atoms with Crippen molar-refractivity contribution in [2.45, 2.75) is 13.5 Å². The molecule has 4 rings (SSSR count). The highest BCUT2D eigenvalue weighted by Gasteiger charge is 2.19. The molecule has 0 amide bonds. The highest BCUT2D eigenvalue weighted by molar-refractivity contribution is 6.35. The van der Waals surface area contributed by atoms with E-state index in [1.54, 1.807) is 35.0 Å². The van der Waals surface area contributed by atoms with Gasteiger partial charge in [0, 0.05) is 33.7 Å². The molecule has 0 radical (unpaired) electrons. The third-order valence-corrected chi connectivity index (χ3v) is 5.04. The van der Waals surface area contributed by atoms with E-state index < -0.39 is 5.97 Å². The lowest BCUT2D eigenvalue weighted by Crippen LogP contribution is -2.09. The number of halogens is 1. The maximum Gasteiger partial charge on any atom is 0.323 e. The summed E-state index contributed by atoms with van der Waals surface area (Å²) in [6.07, 6.45) is 1.69. The first-order valence-corrected chi connectivity index (χ1v) is 8.67. The number of fused-ring (bicyclic) bond motifs is 2. The number of rotatable bonds is 3. The SMILES string of the molecule is Cc1c(-c2ccnc3c(Cl)cccc23)c2cc(C#N)ccc2n1CC(=O)O. The number of hydrogen-bond acceptors (Lipinski definition) is 3. The van der Waals surface area contributed by atoms with Crippen LogP contribution in [0.3, 0.4) is 0 Å². The van der Waals surface area contributed by atoms with Gasteiger partial charge in [-0.2, -0.15) is 5.26 Å². The number of carbonyl (C=O) groups is 1. The van der Waals surface area contributed by atoms with Gasteiger partial charge < -0.3 is 9.67 Å². The van der Waals surface area contributed by atoms with E-state index in [2.05, 4.69) is 11.1 Å². The van der Waals surface area contributed by atoms with Gasteiger partial charge in [-0.25, -0.2) is 0 Å². The Kier molecular flexibility index (Phi) is 4.06. The zero-order valence-corrected chi connectivity index (χ0v) is 15.2. The van der Waals surface area contributed by atoms with Crippen LogP contribution in [0.2, 0.25) is 5.02 Å². The molecule has 0 aliphatic heterocycles. The summed E-state index contributed by atoms with van der Waals surface area (Å²) in [5.74, 6) is -0.923. The van der Waals surface area contributed by atoms with Crippen molar-refractivity contribution in [1.82, 2.24) is 9.55 Å². The molecular weight excluding hydrogens is 362 g/mol. The predicted octanol–water partition coefficient (Wildman–Crippen LogP) is 4.77. The van der Waals surface area contributed by atoms with Gasteiger partial charge in [0.05, 0.1) is 22.2 Å². The molecular formula is C21H14ClN3O2. The lowest BCUT2D eigenvalue weighted by Gasteiger charge is -2.09. The zero-order chi connectivity index (χ0) is 19.1. The van der Waals surface area contributed by atoms with E-state index in [-0.39, 0.29) is 6.54 Å². The summed E-state index contributed by atoms with van der Waals surface area (Å²) in [6.45, 7) is 1.74. The molecule has 0 spiro atoms. The van der Waals surface area contributed by atoms with Gasteiger partial charge in [-0.1, -0.05) is 23.7 Å². The number of para-hydroxylation sites is 1. The summed E-state index contributed by atoms with van der Waals surface area (Å²) in [6, 6.07) is 14.9. The lowest BCUT2D eigenvalue weighted by molar-refractivity contribution is -0.137. The quantitative estimate of drug-likeness (QED) is 0.559. The van der Waals surface area contributed by atoms with E-state index in [4.69, 9.17) is 11.6 Å². The zero-order valence-electron chi connectivity index (χ0n) is 14.4. The van der Waals surface area contributed by atoms with Crippen molar-refractivity contribution in [3.05, 3.63) is 64.9 Å². The second-order valence-corrected chi connectivity index (χ2v) is 6.69. The largest absolute Gasteiger partial charge is 0.480 e. The van der Waals surface area contributed by atoms with E-state index in [1.807, 2.05) is 25.1 Å². The molecule has 0 saturated carbocycles. The topological polar surface area (TPSA) is 78.9 Å². The minimum Gasteiger partial charge on any atom is -0.480 e. The number of carboxylic acid groups (broad SMARTS) is 1. The molecule has 132 valence electrons. The van der Waals surface area contributed by atoms with E-state index in [0.717, 1.165) is 33.1 Å². The molecule has 2 heterocycles. The fraction of sp³-hybridized carbons (Fsp3) is 0.0952. The summed E-state index contributed by atoms with van der Waals surface area (Å²) < 4.78 is 1.75. The number of nitriles is 1. The van der Waals surface area contributed by atoms with Crippen LogP contribution in [0.1, 0.15) is 11.3 Å². The fourth-order valence-electron chi connectivity index (χ4n) is 3.59. The minimum atomic E-state index is -0.923. The first-order valence-electron chi connectivity index (χ1n) is 8.29. The van der Waals surface area contributed by atoms with Gasteiger partial charge in [0.1, 0.15) is 6.54 Å². The van der Waals surface area contributed by atoms with Gasteiger partial charge in [0.2, 0.25) is 0 Å². The number of benzene rings is 2. The lowest BCUT2D eigenvalue weighted by atomic mass is 9.98. The van der Waals surface area contributed by atoms with Gasteiger partial charge in [-0.3, -0.25) is 9.78 Å². The minimum absolute atomic E-state index is 0.155. The molecule has 6 heteroatoms. The van der Waals surface area contributed by atoms with Crippen LogP contribution in [0.5, 0.6) is 0 Å². The summed E-state index contributed by atoms with van der Waals surface area (Å²) in [5.41, 5.74) is 4.59. The van der Waals surface area contributed by atoms with Crippen molar-refractivity contribution in [1.29, 1.82) is 5.26 Å². The Hall–Kier alpha value is -3.36. The standard InChI is InChI=1S/C21H14ClN3O2/c1-12-20(14-7-8-24-21-15(14)3-2-4-17(21)22)16-9-13(10-23)5-6-18(16)25(12)11-19(26)27/h2-9H,11H2,1H3,(H,26,27). The van der Waals surface area contributed by atoms with Crippen molar-refractivity contribution in [2.75, 3.05) is 0 Å². The van der Waals surface area contributed by atoms with Gasteiger partial charge in [-0.05, 0) is 42.8 Å². The van der Waals surface area contributed by atoms with Crippen LogP contribution in [-0.2, 0) is 11.3 Å². The maximum atomic E-state index is 11.4. The van der Waals surface area contributed by atoms with Crippen LogP contribution in [0.25, 0.3) is 32.9 Å². The molecule has 0 bridgehead atoms. The Bertz CT molecular complexity index is 1270. The Morgan fingerprint density at radius 2 is 2.07 bits per heavy atom. The van der Waals surface area contributed by atoms with Crippen molar-refractivity contribution in [3.8, 4) is 17.2 Å². The van der Waals surface area contributed by atoms with E-state index >= 15 is 0 Å².